The van der Waals surface area contributed by atoms with Crippen molar-refractivity contribution < 1.29 is 9.53 Å². The highest BCUT2D eigenvalue weighted by Crippen LogP contribution is 2.41. The first kappa shape index (κ1) is 17.6. The van der Waals surface area contributed by atoms with Gasteiger partial charge in [-0.2, -0.15) is 0 Å². The predicted molar refractivity (Wildman–Crippen MR) is 106 cm³/mol. The number of rotatable bonds is 6. The van der Waals surface area contributed by atoms with Crippen molar-refractivity contribution >= 4 is 16.9 Å². The number of hydrogen-bond donors (Lipinski definition) is 2. The van der Waals surface area contributed by atoms with E-state index in [-0.39, 0.29) is 11.3 Å². The summed E-state index contributed by atoms with van der Waals surface area (Å²) < 4.78 is 5.39. The van der Waals surface area contributed by atoms with Gasteiger partial charge in [0.05, 0.1) is 23.6 Å². The van der Waals surface area contributed by atoms with Crippen LogP contribution >= 0.6 is 0 Å². The highest BCUT2D eigenvalue weighted by atomic mass is 16.5. The minimum atomic E-state index is -0.379. The van der Waals surface area contributed by atoms with Crippen LogP contribution in [-0.4, -0.2) is 23.0 Å². The molecule has 4 rings (SSSR count). The number of ether oxygens (including phenoxy) is 1. The molecule has 0 bridgehead atoms. The summed E-state index contributed by atoms with van der Waals surface area (Å²) in [5.41, 5.74) is 2.59. The van der Waals surface area contributed by atoms with Crippen LogP contribution in [0.15, 0.2) is 48.5 Å². The van der Waals surface area contributed by atoms with Gasteiger partial charge in [0.2, 0.25) is 5.91 Å². The van der Waals surface area contributed by atoms with Gasteiger partial charge in [-0.25, -0.2) is 4.98 Å². The van der Waals surface area contributed by atoms with Gasteiger partial charge in [-0.3, -0.25) is 4.79 Å². The van der Waals surface area contributed by atoms with Gasteiger partial charge in [0.1, 0.15) is 11.6 Å². The Labute approximate surface area is 159 Å². The second kappa shape index (κ2) is 7.43. The van der Waals surface area contributed by atoms with Gasteiger partial charge in [0.25, 0.3) is 0 Å². The molecular weight excluding hydrogens is 338 g/mol. The quantitative estimate of drug-likeness (QED) is 0.696. The van der Waals surface area contributed by atoms with E-state index in [2.05, 4.69) is 10.3 Å². The average Bonchev–Trinajstić information content (AvgIpc) is 3.33. The van der Waals surface area contributed by atoms with Crippen LogP contribution in [0, 0.1) is 5.41 Å². The Hall–Kier alpha value is -2.82. The lowest BCUT2D eigenvalue weighted by Gasteiger charge is -2.27. The van der Waals surface area contributed by atoms with Crippen molar-refractivity contribution in [2.75, 3.05) is 7.11 Å². The molecule has 2 aromatic carbocycles. The molecule has 0 aliphatic heterocycles. The van der Waals surface area contributed by atoms with E-state index in [1.165, 1.54) is 0 Å². The fourth-order valence-electron chi connectivity index (χ4n) is 4.16. The zero-order valence-electron chi connectivity index (χ0n) is 15.6. The third-order valence-electron chi connectivity index (χ3n) is 5.62. The van der Waals surface area contributed by atoms with Crippen LogP contribution in [0.25, 0.3) is 11.0 Å². The Morgan fingerprint density at radius 3 is 2.67 bits per heavy atom. The molecule has 0 saturated heterocycles. The van der Waals surface area contributed by atoms with Gasteiger partial charge in [-0.1, -0.05) is 43.2 Å². The molecular formula is C22H25N3O2. The molecule has 27 heavy (non-hydrogen) atoms. The van der Waals surface area contributed by atoms with Crippen molar-refractivity contribution in [1.29, 1.82) is 0 Å². The lowest BCUT2D eigenvalue weighted by atomic mass is 9.81. The first-order valence-electron chi connectivity index (χ1n) is 9.54. The van der Waals surface area contributed by atoms with Gasteiger partial charge in [-0.15, -0.1) is 0 Å². The number of hydrogen-bond acceptors (Lipinski definition) is 3. The number of nitrogens with one attached hydrogen (secondary N) is 2. The number of nitrogens with zero attached hydrogens (tertiary/aromatic N) is 1. The van der Waals surface area contributed by atoms with E-state index >= 15 is 0 Å². The van der Waals surface area contributed by atoms with Crippen LogP contribution in [0.3, 0.4) is 0 Å². The number of benzene rings is 2. The van der Waals surface area contributed by atoms with E-state index in [9.17, 15) is 4.79 Å². The fourth-order valence-corrected chi connectivity index (χ4v) is 4.16. The van der Waals surface area contributed by atoms with Crippen LogP contribution in [-0.2, 0) is 17.8 Å². The molecule has 5 nitrogen and oxygen atoms in total. The normalized spacial score (nSPS) is 15.7. The van der Waals surface area contributed by atoms with Crippen LogP contribution in [0.1, 0.15) is 37.1 Å². The molecule has 1 amide bonds. The number of aromatic amines is 1. The van der Waals surface area contributed by atoms with Crippen molar-refractivity contribution in [2.24, 2.45) is 5.41 Å². The Bertz CT molecular complexity index is 908. The number of fused-ring (bicyclic) bond motifs is 1. The Morgan fingerprint density at radius 1 is 1.15 bits per heavy atom. The van der Waals surface area contributed by atoms with E-state index in [1.54, 1.807) is 7.11 Å². The average molecular weight is 363 g/mol. The largest absolute Gasteiger partial charge is 0.496 e. The van der Waals surface area contributed by atoms with E-state index in [0.717, 1.165) is 53.9 Å². The van der Waals surface area contributed by atoms with Crippen molar-refractivity contribution in [3.63, 3.8) is 0 Å². The number of carbonyl (C=O) groups is 1. The number of para-hydroxylation sites is 3. The number of methoxy groups -OCH3 is 1. The third-order valence-corrected chi connectivity index (χ3v) is 5.62. The fraction of sp³-hybridized carbons (Fsp3) is 0.364. The molecule has 2 N–H and O–H groups in total. The molecule has 0 spiro atoms. The summed E-state index contributed by atoms with van der Waals surface area (Å²) >= 11 is 0. The molecule has 0 atom stereocenters. The molecule has 3 aromatic rings. The van der Waals surface area contributed by atoms with E-state index in [0.29, 0.717) is 13.0 Å². The number of imidazole rings is 1. The number of aromatic nitrogens is 2. The van der Waals surface area contributed by atoms with Crippen LogP contribution < -0.4 is 10.1 Å². The first-order valence-corrected chi connectivity index (χ1v) is 9.54. The van der Waals surface area contributed by atoms with Crippen molar-refractivity contribution in [3.8, 4) is 5.75 Å². The minimum absolute atomic E-state index is 0.117. The van der Waals surface area contributed by atoms with E-state index < -0.39 is 0 Å². The lowest BCUT2D eigenvalue weighted by molar-refractivity contribution is -0.131. The summed E-state index contributed by atoms with van der Waals surface area (Å²) in [6, 6.07) is 15.8. The highest BCUT2D eigenvalue weighted by molar-refractivity contribution is 5.83. The number of amides is 1. The van der Waals surface area contributed by atoms with E-state index in [1.807, 2.05) is 48.5 Å². The van der Waals surface area contributed by atoms with Gasteiger partial charge in [0, 0.05) is 18.5 Å². The summed E-state index contributed by atoms with van der Waals surface area (Å²) in [6.07, 6.45) is 4.63. The maximum atomic E-state index is 13.2. The number of carbonyl (C=O) groups excluding carboxylic acids is 1. The maximum Gasteiger partial charge on any atom is 0.226 e. The zero-order valence-corrected chi connectivity index (χ0v) is 15.6. The van der Waals surface area contributed by atoms with Gasteiger partial charge in [-0.05, 0) is 31.0 Å². The summed E-state index contributed by atoms with van der Waals surface area (Å²) in [6.45, 7) is 0.477. The summed E-state index contributed by atoms with van der Waals surface area (Å²) in [4.78, 5) is 21.2. The van der Waals surface area contributed by atoms with Crippen LogP contribution in [0.2, 0.25) is 0 Å². The van der Waals surface area contributed by atoms with Crippen molar-refractivity contribution in [1.82, 2.24) is 15.3 Å². The lowest BCUT2D eigenvalue weighted by Crippen LogP contribution is -2.40. The molecule has 1 heterocycles. The monoisotopic (exact) mass is 363 g/mol. The Kier molecular flexibility index (Phi) is 4.84. The third kappa shape index (κ3) is 3.54. The molecule has 0 radical (unpaired) electrons. The maximum absolute atomic E-state index is 13.2. The van der Waals surface area contributed by atoms with Gasteiger partial charge < -0.3 is 15.0 Å². The van der Waals surface area contributed by atoms with Crippen LogP contribution in [0.4, 0.5) is 0 Å². The highest BCUT2D eigenvalue weighted by Gasteiger charge is 2.41. The molecule has 1 saturated carbocycles. The van der Waals surface area contributed by atoms with Gasteiger partial charge in [0.15, 0.2) is 0 Å². The molecule has 1 aliphatic carbocycles. The molecule has 5 heteroatoms. The topological polar surface area (TPSA) is 67.0 Å². The smallest absolute Gasteiger partial charge is 0.226 e. The van der Waals surface area contributed by atoms with Crippen molar-refractivity contribution in [2.45, 2.75) is 38.6 Å². The molecule has 1 aromatic heterocycles. The predicted octanol–water partition coefficient (Wildman–Crippen LogP) is 3.99. The standard InChI is InChI=1S/C22H25N3O2/c1-27-19-11-5-2-8-16(19)15-23-21(26)22(12-6-7-13-22)14-20-24-17-9-3-4-10-18(17)25-20/h2-5,8-11H,6-7,12-15H2,1H3,(H,23,26)(H,24,25). The summed E-state index contributed by atoms with van der Waals surface area (Å²) in [5.74, 6) is 1.81. The van der Waals surface area contributed by atoms with E-state index in [4.69, 9.17) is 9.72 Å². The second-order valence-electron chi connectivity index (χ2n) is 7.36. The minimum Gasteiger partial charge on any atom is -0.496 e. The zero-order chi connectivity index (χ0) is 18.7. The molecule has 1 fully saturated rings. The first-order chi connectivity index (χ1) is 13.2. The summed E-state index contributed by atoms with van der Waals surface area (Å²) in [5, 5.41) is 3.15. The molecule has 1 aliphatic rings. The van der Waals surface area contributed by atoms with Gasteiger partial charge >= 0.3 is 0 Å². The van der Waals surface area contributed by atoms with Crippen LogP contribution in [0.5, 0.6) is 5.75 Å². The number of H-pyrrole nitrogens is 1. The molecule has 140 valence electrons. The SMILES string of the molecule is COc1ccccc1CNC(=O)C1(Cc2nc3ccccc3[nH]2)CCCC1. The Balaban J connectivity index is 1.51. The Morgan fingerprint density at radius 2 is 1.89 bits per heavy atom. The second-order valence-corrected chi connectivity index (χ2v) is 7.36. The molecule has 0 unspecified atom stereocenters. The summed E-state index contributed by atoms with van der Waals surface area (Å²) in [7, 11) is 1.65. The van der Waals surface area contributed by atoms with Crippen molar-refractivity contribution in [3.05, 3.63) is 59.9 Å².